The summed E-state index contributed by atoms with van der Waals surface area (Å²) in [5.41, 5.74) is 0.645. The van der Waals surface area contributed by atoms with Crippen LogP contribution in [0.3, 0.4) is 0 Å². The average molecular weight is 395 g/mol. The van der Waals surface area contributed by atoms with Gasteiger partial charge in [-0.2, -0.15) is 5.10 Å². The lowest BCUT2D eigenvalue weighted by atomic mass is 10.2. The molecule has 0 radical (unpaired) electrons. The average Bonchev–Trinajstić information content (AvgIpc) is 2.98. The summed E-state index contributed by atoms with van der Waals surface area (Å²) in [5.74, 6) is -0.376. The van der Waals surface area contributed by atoms with Gasteiger partial charge in [-0.1, -0.05) is 17.8 Å². The highest BCUT2D eigenvalue weighted by atomic mass is 32.2. The number of carboxylic acid groups (broad SMARTS) is 1. The number of amides is 1. The quantitative estimate of drug-likeness (QED) is 0.350. The molecule has 0 aromatic heterocycles. The van der Waals surface area contributed by atoms with Crippen molar-refractivity contribution >= 4 is 35.0 Å². The molecule has 1 amide bonds. The normalized spacial score (nSPS) is 18.1. The van der Waals surface area contributed by atoms with Crippen molar-refractivity contribution in [2.75, 3.05) is 26.9 Å². The van der Waals surface area contributed by atoms with Crippen molar-refractivity contribution in [3.05, 3.63) is 23.8 Å². The Morgan fingerprint density at radius 2 is 2.22 bits per heavy atom. The summed E-state index contributed by atoms with van der Waals surface area (Å²) in [6.45, 7) is 3.31. The van der Waals surface area contributed by atoms with E-state index in [1.807, 2.05) is 6.92 Å². The third-order valence-corrected chi connectivity index (χ3v) is 4.46. The first-order valence-corrected chi connectivity index (χ1v) is 9.11. The maximum atomic E-state index is 11.7. The van der Waals surface area contributed by atoms with Crippen LogP contribution in [0.2, 0.25) is 0 Å². The lowest BCUT2D eigenvalue weighted by Crippen LogP contribution is -2.26. The number of thioether (sulfide) groups is 1. The minimum atomic E-state index is -1.04. The van der Waals surface area contributed by atoms with Gasteiger partial charge in [0.2, 0.25) is 5.91 Å². The first kappa shape index (κ1) is 20.7. The summed E-state index contributed by atoms with van der Waals surface area (Å²) in [7, 11) is 1.54. The number of hydrogen-bond acceptors (Lipinski definition) is 8. The van der Waals surface area contributed by atoms with Crippen LogP contribution in [0.4, 0.5) is 0 Å². The predicted octanol–water partition coefficient (Wildman–Crippen LogP) is 1.51. The van der Waals surface area contributed by atoms with E-state index in [9.17, 15) is 9.59 Å². The molecule has 1 atom stereocenters. The third kappa shape index (κ3) is 6.26. The molecule has 1 unspecified atom stereocenters. The number of nitrogens with one attached hydrogen (secondary N) is 1. The summed E-state index contributed by atoms with van der Waals surface area (Å²) in [5, 5.41) is 18.7. The number of carbonyl (C=O) groups excluding carboxylic acids is 1. The fraction of sp³-hybridized carbons (Fsp3) is 0.412. The highest BCUT2D eigenvalue weighted by Crippen LogP contribution is 2.30. The summed E-state index contributed by atoms with van der Waals surface area (Å²) < 4.78 is 16.3. The van der Waals surface area contributed by atoms with Crippen molar-refractivity contribution in [2.45, 2.75) is 18.6 Å². The van der Waals surface area contributed by atoms with E-state index >= 15 is 0 Å². The Morgan fingerprint density at radius 1 is 1.41 bits per heavy atom. The van der Waals surface area contributed by atoms with E-state index in [1.165, 1.54) is 6.21 Å². The fourth-order valence-corrected chi connectivity index (χ4v) is 3.10. The van der Waals surface area contributed by atoms with Crippen LogP contribution in [-0.2, 0) is 14.3 Å². The zero-order chi connectivity index (χ0) is 19.6. The van der Waals surface area contributed by atoms with Crippen molar-refractivity contribution < 1.29 is 28.9 Å². The van der Waals surface area contributed by atoms with Gasteiger partial charge in [-0.05, 0) is 19.1 Å². The molecule has 1 aromatic rings. The van der Waals surface area contributed by atoms with Gasteiger partial charge >= 0.3 is 5.97 Å². The second-order valence-electron chi connectivity index (χ2n) is 5.27. The highest BCUT2D eigenvalue weighted by Gasteiger charge is 2.32. The van der Waals surface area contributed by atoms with Crippen LogP contribution in [0, 0.1) is 0 Å². The van der Waals surface area contributed by atoms with E-state index in [4.69, 9.17) is 19.3 Å². The summed E-state index contributed by atoms with van der Waals surface area (Å²) in [6.07, 6.45) is 1.20. The molecule has 27 heavy (non-hydrogen) atoms. The van der Waals surface area contributed by atoms with Crippen LogP contribution in [0.15, 0.2) is 28.4 Å². The predicted molar refractivity (Wildman–Crippen MR) is 102 cm³/mol. The van der Waals surface area contributed by atoms with Crippen LogP contribution in [0.1, 0.15) is 18.9 Å². The Bertz CT molecular complexity index is 737. The Hall–Kier alpha value is -2.59. The molecule has 1 aliphatic heterocycles. The van der Waals surface area contributed by atoms with Gasteiger partial charge in [0.05, 0.1) is 26.4 Å². The van der Waals surface area contributed by atoms with Gasteiger partial charge in [0, 0.05) is 12.2 Å². The number of para-hydroxylation sites is 1. The molecule has 9 nitrogen and oxygen atoms in total. The molecule has 10 heteroatoms. The van der Waals surface area contributed by atoms with Crippen LogP contribution >= 0.6 is 11.8 Å². The largest absolute Gasteiger partial charge is 0.493 e. The van der Waals surface area contributed by atoms with Crippen molar-refractivity contribution in [3.8, 4) is 11.5 Å². The number of ether oxygens (including phenoxy) is 3. The molecule has 146 valence electrons. The molecule has 0 bridgehead atoms. The number of benzene rings is 1. The molecule has 2 rings (SSSR count). The van der Waals surface area contributed by atoms with E-state index in [-0.39, 0.29) is 11.6 Å². The van der Waals surface area contributed by atoms with E-state index in [1.54, 1.807) is 25.3 Å². The first-order valence-electron chi connectivity index (χ1n) is 8.23. The topological polar surface area (TPSA) is 119 Å². The Morgan fingerprint density at radius 3 is 2.93 bits per heavy atom. The lowest BCUT2D eigenvalue weighted by molar-refractivity contribution is -0.138. The Labute approximate surface area is 160 Å². The van der Waals surface area contributed by atoms with Crippen molar-refractivity contribution in [2.24, 2.45) is 10.2 Å². The number of nitrogens with zero attached hydrogens (tertiary/aromatic N) is 2. The van der Waals surface area contributed by atoms with Gasteiger partial charge in [0.25, 0.3) is 0 Å². The number of carboxylic acids is 1. The maximum absolute atomic E-state index is 11.7. The van der Waals surface area contributed by atoms with Gasteiger partial charge in [0.15, 0.2) is 16.7 Å². The summed E-state index contributed by atoms with van der Waals surface area (Å²) in [6, 6.07) is 5.34. The zero-order valence-corrected chi connectivity index (χ0v) is 15.8. The number of methoxy groups -OCH3 is 1. The highest BCUT2D eigenvalue weighted by molar-refractivity contribution is 8.15. The molecular weight excluding hydrogens is 374 g/mol. The molecule has 1 fully saturated rings. The van der Waals surface area contributed by atoms with Crippen LogP contribution in [0.25, 0.3) is 0 Å². The molecule has 1 aromatic carbocycles. The van der Waals surface area contributed by atoms with Crippen LogP contribution in [-0.4, -0.2) is 60.5 Å². The second kappa shape index (κ2) is 10.5. The number of aliphatic carboxylic acids is 1. The Balaban J connectivity index is 2.07. The smallest absolute Gasteiger partial charge is 0.305 e. The number of amidine groups is 1. The molecule has 1 aliphatic rings. The molecule has 2 N–H and O–H groups in total. The van der Waals surface area contributed by atoms with Gasteiger partial charge in [-0.15, -0.1) is 5.10 Å². The zero-order valence-electron chi connectivity index (χ0n) is 15.0. The van der Waals surface area contributed by atoms with Crippen molar-refractivity contribution in [3.63, 3.8) is 0 Å². The maximum Gasteiger partial charge on any atom is 0.305 e. The fourth-order valence-electron chi connectivity index (χ4n) is 2.19. The lowest BCUT2D eigenvalue weighted by Gasteiger charge is -2.12. The third-order valence-electron chi connectivity index (χ3n) is 3.39. The van der Waals surface area contributed by atoms with Gasteiger partial charge in [-0.3, -0.25) is 9.59 Å². The van der Waals surface area contributed by atoms with E-state index < -0.39 is 17.1 Å². The molecular formula is C17H21N3O6S. The Kier molecular flexibility index (Phi) is 8.08. The second-order valence-corrected chi connectivity index (χ2v) is 6.46. The van der Waals surface area contributed by atoms with Crippen LogP contribution in [0.5, 0.6) is 11.5 Å². The number of carbonyl (C=O) groups is 2. The molecule has 0 spiro atoms. The standard InChI is InChI=1S/C17H21N3O6S/c1-3-25-7-8-26-15-11(5-4-6-12(15)24-2)10-18-20-17-19-16(23)13(27-17)9-14(21)22/h4-6,10,13H,3,7-9H2,1-2H3,(H,21,22)(H,19,20,23). The molecule has 1 saturated heterocycles. The van der Waals surface area contributed by atoms with Gasteiger partial charge in [-0.25, -0.2) is 0 Å². The summed E-state index contributed by atoms with van der Waals surface area (Å²) in [4.78, 5) is 22.4. The van der Waals surface area contributed by atoms with Gasteiger partial charge in [0.1, 0.15) is 11.9 Å². The van der Waals surface area contributed by atoms with Crippen molar-refractivity contribution in [1.29, 1.82) is 0 Å². The van der Waals surface area contributed by atoms with Crippen LogP contribution < -0.4 is 14.8 Å². The SMILES string of the molecule is CCOCCOc1c(C=NN=C2NC(=O)C(CC(=O)O)S2)cccc1OC. The minimum absolute atomic E-state index is 0.254. The van der Waals surface area contributed by atoms with E-state index in [2.05, 4.69) is 15.5 Å². The van der Waals surface area contributed by atoms with Gasteiger partial charge < -0.3 is 24.6 Å². The van der Waals surface area contributed by atoms with E-state index in [0.29, 0.717) is 36.9 Å². The summed E-state index contributed by atoms with van der Waals surface area (Å²) >= 11 is 1.04. The monoisotopic (exact) mass is 395 g/mol. The molecule has 0 aliphatic carbocycles. The molecule has 1 heterocycles. The molecule has 0 saturated carbocycles. The first-order chi connectivity index (χ1) is 13.0. The number of rotatable bonds is 10. The number of hydrogen-bond donors (Lipinski definition) is 2. The van der Waals surface area contributed by atoms with E-state index in [0.717, 1.165) is 11.8 Å². The minimum Gasteiger partial charge on any atom is -0.493 e. The van der Waals surface area contributed by atoms with Crippen molar-refractivity contribution in [1.82, 2.24) is 5.32 Å².